The minimum absolute atomic E-state index is 0. The highest BCUT2D eigenvalue weighted by Crippen LogP contribution is 2.01. The van der Waals surface area contributed by atoms with Gasteiger partial charge in [0, 0.05) is 0 Å². The van der Waals surface area contributed by atoms with E-state index in [0.717, 1.165) is 32.8 Å². The fourth-order valence-corrected chi connectivity index (χ4v) is 1.08. The number of hydrogen-bond donors (Lipinski definition) is 0. The largest absolute Gasteiger partial charge is 0.353 e. The minimum atomic E-state index is 0. The molecule has 4 nitrogen and oxygen atoms in total. The molecule has 0 aliphatic carbocycles. The van der Waals surface area contributed by atoms with Crippen LogP contribution in [-0.4, -0.2) is 39.0 Å². The second-order valence-corrected chi connectivity index (χ2v) is 2.97. The first-order valence-electron chi connectivity index (χ1n) is 4.75. The van der Waals surface area contributed by atoms with Crippen LogP contribution in [0.2, 0.25) is 0 Å². The third-order valence-corrected chi connectivity index (χ3v) is 1.78. The Balaban J connectivity index is 0. The average Bonchev–Trinajstić information content (AvgIpc) is 2.58. The zero-order valence-corrected chi connectivity index (χ0v) is 8.32. The Labute approximate surface area is 93.8 Å². The summed E-state index contributed by atoms with van der Waals surface area (Å²) in [4.78, 5) is 0. The Bertz CT molecular complexity index is 118. The van der Waals surface area contributed by atoms with Gasteiger partial charge in [-0.3, -0.25) is 0 Å². The van der Waals surface area contributed by atoms with Crippen molar-refractivity contribution in [2.45, 2.75) is 47.7 Å². The molecule has 94 valence electrons. The molecule has 0 amide bonds. The van der Waals surface area contributed by atoms with Crippen LogP contribution in [0.1, 0.15) is 35.1 Å². The summed E-state index contributed by atoms with van der Waals surface area (Å²) in [5.41, 5.74) is 0. The summed E-state index contributed by atoms with van der Waals surface area (Å²) in [7, 11) is 0. The average molecular weight is 222 g/mol. The Kier molecular flexibility index (Phi) is 11.9. The van der Waals surface area contributed by atoms with Crippen LogP contribution in [0.25, 0.3) is 0 Å². The topological polar surface area (TPSA) is 36.9 Å². The third-order valence-electron chi connectivity index (χ3n) is 1.78. The van der Waals surface area contributed by atoms with Gasteiger partial charge >= 0.3 is 0 Å². The van der Waals surface area contributed by atoms with Crippen molar-refractivity contribution in [1.82, 2.24) is 0 Å². The van der Waals surface area contributed by atoms with Gasteiger partial charge in [0.05, 0.1) is 26.4 Å². The van der Waals surface area contributed by atoms with Crippen molar-refractivity contribution >= 4 is 0 Å². The molecule has 0 aromatic rings. The maximum Gasteiger partial charge on any atom is 0.155 e. The third kappa shape index (κ3) is 8.81. The molecule has 0 N–H and O–H groups in total. The molecule has 2 heterocycles. The van der Waals surface area contributed by atoms with Gasteiger partial charge in [-0.1, -0.05) is 14.9 Å². The van der Waals surface area contributed by atoms with Crippen molar-refractivity contribution in [2.75, 3.05) is 26.4 Å². The molecule has 2 aliphatic heterocycles. The monoisotopic (exact) mass is 222 g/mol. The molecule has 15 heavy (non-hydrogen) atoms. The van der Waals surface area contributed by atoms with E-state index in [9.17, 15) is 0 Å². The first kappa shape index (κ1) is 17.2. The molecule has 0 saturated carbocycles. The Hall–Kier alpha value is -0.160. The smallest absolute Gasteiger partial charge is 0.155 e. The van der Waals surface area contributed by atoms with Crippen LogP contribution in [0, 0.1) is 0 Å². The molecule has 0 bridgehead atoms. The van der Waals surface area contributed by atoms with Gasteiger partial charge in [0.15, 0.2) is 12.6 Å². The maximum absolute atomic E-state index is 5.06. The van der Waals surface area contributed by atoms with Gasteiger partial charge in [-0.05, 0) is 20.3 Å². The van der Waals surface area contributed by atoms with E-state index in [1.54, 1.807) is 0 Å². The van der Waals surface area contributed by atoms with Gasteiger partial charge in [-0.2, -0.15) is 0 Å². The highest BCUT2D eigenvalue weighted by molar-refractivity contribution is 4.42. The normalized spacial score (nSPS) is 22.0. The SMILES string of the molecule is C.C.CC1OCCCO1.CC1OCCO1. The second kappa shape index (κ2) is 10.4. The minimum Gasteiger partial charge on any atom is -0.353 e. The summed E-state index contributed by atoms with van der Waals surface area (Å²) in [6, 6.07) is 0. The van der Waals surface area contributed by atoms with Crippen LogP contribution in [0.15, 0.2) is 0 Å². The van der Waals surface area contributed by atoms with Crippen molar-refractivity contribution < 1.29 is 18.9 Å². The van der Waals surface area contributed by atoms with E-state index in [0.29, 0.717) is 0 Å². The van der Waals surface area contributed by atoms with Crippen LogP contribution < -0.4 is 0 Å². The molecule has 0 radical (unpaired) electrons. The van der Waals surface area contributed by atoms with Crippen LogP contribution in [-0.2, 0) is 18.9 Å². The highest BCUT2D eigenvalue weighted by atomic mass is 16.7. The molecule has 4 heteroatoms. The van der Waals surface area contributed by atoms with Gasteiger partial charge in [0.1, 0.15) is 0 Å². The lowest BCUT2D eigenvalue weighted by Crippen LogP contribution is -2.21. The standard InChI is InChI=1S/C5H10O2.C4H8O2.2CH4/c1-5-6-3-2-4-7-5;1-4-5-2-3-6-4;;/h5H,2-4H2,1H3;4H,2-3H2,1H3;2*1H4. The highest BCUT2D eigenvalue weighted by Gasteiger charge is 2.07. The first-order chi connectivity index (χ1) is 6.29. The zero-order valence-electron chi connectivity index (χ0n) is 8.32. The van der Waals surface area contributed by atoms with Crippen LogP contribution in [0.5, 0.6) is 0 Å². The summed E-state index contributed by atoms with van der Waals surface area (Å²) in [6.07, 6.45) is 1.13. The van der Waals surface area contributed by atoms with Crippen LogP contribution in [0.3, 0.4) is 0 Å². The fraction of sp³-hybridized carbons (Fsp3) is 1.00. The van der Waals surface area contributed by atoms with Crippen molar-refractivity contribution in [1.29, 1.82) is 0 Å². The summed E-state index contributed by atoms with van der Waals surface area (Å²) < 4.78 is 20.0. The molecule has 2 saturated heterocycles. The molecule has 2 aliphatic rings. The van der Waals surface area contributed by atoms with E-state index in [1.807, 2.05) is 13.8 Å². The van der Waals surface area contributed by atoms with E-state index in [1.165, 1.54) is 0 Å². The summed E-state index contributed by atoms with van der Waals surface area (Å²) in [5.74, 6) is 0. The van der Waals surface area contributed by atoms with E-state index >= 15 is 0 Å². The second-order valence-electron chi connectivity index (χ2n) is 2.97. The van der Waals surface area contributed by atoms with Crippen molar-refractivity contribution in [3.05, 3.63) is 0 Å². The van der Waals surface area contributed by atoms with E-state index in [-0.39, 0.29) is 27.4 Å². The van der Waals surface area contributed by atoms with Crippen LogP contribution in [0.4, 0.5) is 0 Å². The lowest BCUT2D eigenvalue weighted by molar-refractivity contribution is -0.167. The molecule has 2 fully saturated rings. The molecule has 0 unspecified atom stereocenters. The Morgan fingerprint density at radius 3 is 1.20 bits per heavy atom. The molecule has 0 aromatic carbocycles. The van der Waals surface area contributed by atoms with Gasteiger partial charge in [-0.25, -0.2) is 0 Å². The van der Waals surface area contributed by atoms with Gasteiger partial charge in [0.25, 0.3) is 0 Å². The first-order valence-corrected chi connectivity index (χ1v) is 4.75. The quantitative estimate of drug-likeness (QED) is 0.630. The predicted octanol–water partition coefficient (Wildman–Crippen LogP) is 2.42. The maximum atomic E-state index is 5.06. The Morgan fingerprint density at radius 2 is 1.00 bits per heavy atom. The molecule has 2 rings (SSSR count). The van der Waals surface area contributed by atoms with Crippen molar-refractivity contribution in [2.24, 2.45) is 0 Å². The summed E-state index contributed by atoms with van der Waals surface area (Å²) >= 11 is 0. The van der Waals surface area contributed by atoms with E-state index in [2.05, 4.69) is 0 Å². The van der Waals surface area contributed by atoms with E-state index < -0.39 is 0 Å². The fourth-order valence-electron chi connectivity index (χ4n) is 1.08. The van der Waals surface area contributed by atoms with Gasteiger partial charge in [-0.15, -0.1) is 0 Å². The molecule has 0 atom stereocenters. The van der Waals surface area contributed by atoms with Gasteiger partial charge in [0.2, 0.25) is 0 Å². The van der Waals surface area contributed by atoms with Gasteiger partial charge < -0.3 is 18.9 Å². The van der Waals surface area contributed by atoms with E-state index in [4.69, 9.17) is 18.9 Å². The number of rotatable bonds is 0. The molecule has 0 spiro atoms. The Morgan fingerprint density at radius 1 is 0.667 bits per heavy atom. The van der Waals surface area contributed by atoms with Crippen molar-refractivity contribution in [3.8, 4) is 0 Å². The molecular formula is C11H26O4. The molecule has 0 aromatic heterocycles. The van der Waals surface area contributed by atoms with Crippen molar-refractivity contribution in [3.63, 3.8) is 0 Å². The summed E-state index contributed by atoms with van der Waals surface area (Å²) in [5, 5.41) is 0. The zero-order chi connectivity index (χ0) is 9.52. The lowest BCUT2D eigenvalue weighted by atomic mass is 10.4. The molecular weight excluding hydrogens is 196 g/mol. The lowest BCUT2D eigenvalue weighted by Gasteiger charge is -2.18. The number of hydrogen-bond acceptors (Lipinski definition) is 4. The summed E-state index contributed by atoms with van der Waals surface area (Å²) in [6.45, 7) is 7.07. The van der Waals surface area contributed by atoms with Crippen LogP contribution >= 0.6 is 0 Å². The predicted molar refractivity (Wildman–Crippen MR) is 60.8 cm³/mol. The number of ether oxygens (including phenoxy) is 4.